The smallest absolute Gasteiger partial charge is 0.416 e. The molecule has 142 valence electrons. The van der Waals surface area contributed by atoms with Crippen molar-refractivity contribution < 1.29 is 36.8 Å². The summed E-state index contributed by atoms with van der Waals surface area (Å²) in [5, 5.41) is 13.0. The molecule has 2 aromatic rings. The van der Waals surface area contributed by atoms with Gasteiger partial charge in [0.1, 0.15) is 11.4 Å². The van der Waals surface area contributed by atoms with Gasteiger partial charge in [-0.2, -0.15) is 13.2 Å². The Hall–Kier alpha value is -3.63. The van der Waals surface area contributed by atoms with Crippen LogP contribution in [0.4, 0.5) is 24.5 Å². The molecule has 0 fully saturated rings. The Morgan fingerprint density at radius 3 is 2.63 bits per heavy atom. The van der Waals surface area contributed by atoms with Gasteiger partial charge in [0.05, 0.1) is 16.7 Å². The summed E-state index contributed by atoms with van der Waals surface area (Å²) in [6.07, 6.45) is -1.10. The van der Waals surface area contributed by atoms with Crippen LogP contribution in [0.15, 0.2) is 47.1 Å². The minimum atomic E-state index is -4.77. The summed E-state index contributed by atoms with van der Waals surface area (Å²) >= 11 is 0. The monoisotopic (exact) mass is 384 g/mol. The van der Waals surface area contributed by atoms with E-state index < -0.39 is 46.5 Å². The van der Waals surface area contributed by atoms with E-state index in [9.17, 15) is 32.9 Å². The Kier molecular flexibility index (Phi) is 5.96. The number of nitro groups is 1. The quantitative estimate of drug-likeness (QED) is 0.354. The van der Waals surface area contributed by atoms with Gasteiger partial charge in [0.2, 0.25) is 0 Å². The molecule has 1 aromatic heterocycles. The Morgan fingerprint density at radius 2 is 2.04 bits per heavy atom. The Bertz CT molecular complexity index is 875. The number of hydrogen-bond donors (Lipinski definition) is 1. The fourth-order valence-corrected chi connectivity index (χ4v) is 1.87. The van der Waals surface area contributed by atoms with Gasteiger partial charge in [-0.15, -0.1) is 0 Å². The first-order valence-corrected chi connectivity index (χ1v) is 7.20. The Balaban J connectivity index is 1.98. The maximum atomic E-state index is 12.6. The summed E-state index contributed by atoms with van der Waals surface area (Å²) in [4.78, 5) is 33.1. The number of nitrogens with zero attached hydrogens (tertiary/aromatic N) is 1. The van der Waals surface area contributed by atoms with Gasteiger partial charge in [0.25, 0.3) is 11.6 Å². The fourth-order valence-electron chi connectivity index (χ4n) is 1.87. The SMILES string of the molecule is O=C(COC(=O)/C=C/c1ccco1)Nc1ccc(C(F)(F)F)cc1[N+](=O)[O-]. The largest absolute Gasteiger partial charge is 0.465 e. The molecular formula is C16H11F3N2O6. The average Bonchev–Trinajstić information content (AvgIpc) is 3.10. The number of hydrogen-bond acceptors (Lipinski definition) is 6. The molecule has 0 saturated heterocycles. The molecule has 1 N–H and O–H groups in total. The lowest BCUT2D eigenvalue weighted by Gasteiger charge is -2.10. The molecule has 0 aliphatic heterocycles. The zero-order valence-electron chi connectivity index (χ0n) is 13.4. The van der Waals surface area contributed by atoms with E-state index in [4.69, 9.17) is 4.42 Å². The molecule has 0 aliphatic rings. The normalized spacial score (nSPS) is 11.4. The molecule has 0 spiro atoms. The van der Waals surface area contributed by atoms with E-state index in [1.54, 1.807) is 12.1 Å². The number of carbonyl (C=O) groups excluding carboxylic acids is 2. The summed E-state index contributed by atoms with van der Waals surface area (Å²) in [6, 6.07) is 4.79. The predicted molar refractivity (Wildman–Crippen MR) is 85.4 cm³/mol. The van der Waals surface area contributed by atoms with Crippen LogP contribution in [0.3, 0.4) is 0 Å². The van der Waals surface area contributed by atoms with E-state index in [1.807, 2.05) is 5.32 Å². The highest BCUT2D eigenvalue weighted by Crippen LogP contribution is 2.34. The van der Waals surface area contributed by atoms with Crippen molar-refractivity contribution in [3.63, 3.8) is 0 Å². The number of nitrogens with one attached hydrogen (secondary N) is 1. The number of anilines is 1. The van der Waals surface area contributed by atoms with Gasteiger partial charge in [-0.25, -0.2) is 4.79 Å². The highest BCUT2D eigenvalue weighted by Gasteiger charge is 2.33. The van der Waals surface area contributed by atoms with E-state index in [0.29, 0.717) is 17.9 Å². The molecule has 8 nitrogen and oxygen atoms in total. The van der Waals surface area contributed by atoms with Crippen molar-refractivity contribution in [2.75, 3.05) is 11.9 Å². The number of furan rings is 1. The van der Waals surface area contributed by atoms with Crippen molar-refractivity contribution in [1.82, 2.24) is 0 Å². The third kappa shape index (κ3) is 5.70. The lowest BCUT2D eigenvalue weighted by Crippen LogP contribution is -2.21. The van der Waals surface area contributed by atoms with Crippen molar-refractivity contribution in [2.24, 2.45) is 0 Å². The predicted octanol–water partition coefficient (Wildman–Crippen LogP) is 3.40. The van der Waals surface area contributed by atoms with Crippen LogP contribution in [-0.4, -0.2) is 23.4 Å². The standard InChI is InChI=1S/C16H11F3N2O6/c17-16(18,19)10-3-5-12(13(8-10)21(24)25)20-14(22)9-27-15(23)6-4-11-2-1-7-26-11/h1-8H,9H2,(H,20,22)/b6-4+. The summed E-state index contributed by atoms with van der Waals surface area (Å²) in [5.41, 5.74) is -2.64. The molecule has 1 aromatic carbocycles. The first kappa shape index (κ1) is 19.7. The van der Waals surface area contributed by atoms with Crippen LogP contribution in [-0.2, 0) is 20.5 Å². The van der Waals surface area contributed by atoms with Gasteiger partial charge in [0.15, 0.2) is 6.61 Å². The number of nitro benzene ring substituents is 1. The molecule has 0 radical (unpaired) electrons. The summed E-state index contributed by atoms with van der Waals surface area (Å²) < 4.78 is 47.5. The van der Waals surface area contributed by atoms with Gasteiger partial charge in [0, 0.05) is 12.1 Å². The van der Waals surface area contributed by atoms with E-state index in [2.05, 4.69) is 4.74 Å². The molecular weight excluding hydrogens is 373 g/mol. The average molecular weight is 384 g/mol. The molecule has 0 aliphatic carbocycles. The van der Waals surface area contributed by atoms with Crippen LogP contribution >= 0.6 is 0 Å². The van der Waals surface area contributed by atoms with Crippen molar-refractivity contribution in [3.05, 3.63) is 64.1 Å². The molecule has 1 amide bonds. The fraction of sp³-hybridized carbons (Fsp3) is 0.125. The van der Waals surface area contributed by atoms with Crippen LogP contribution in [0.2, 0.25) is 0 Å². The number of carbonyl (C=O) groups is 2. The van der Waals surface area contributed by atoms with Gasteiger partial charge in [-0.05, 0) is 30.3 Å². The molecule has 2 rings (SSSR count). The summed E-state index contributed by atoms with van der Waals surface area (Å²) in [5.74, 6) is -1.47. The van der Waals surface area contributed by atoms with Crippen LogP contribution in [0.1, 0.15) is 11.3 Å². The second-order valence-electron chi connectivity index (χ2n) is 4.99. The van der Waals surface area contributed by atoms with Crippen molar-refractivity contribution in [2.45, 2.75) is 6.18 Å². The van der Waals surface area contributed by atoms with Gasteiger partial charge < -0.3 is 14.5 Å². The number of benzene rings is 1. The number of rotatable bonds is 6. The highest BCUT2D eigenvalue weighted by atomic mass is 19.4. The lowest BCUT2D eigenvalue weighted by molar-refractivity contribution is -0.384. The van der Waals surface area contributed by atoms with Crippen LogP contribution in [0.25, 0.3) is 6.08 Å². The molecule has 1 heterocycles. The van der Waals surface area contributed by atoms with Crippen molar-refractivity contribution in [1.29, 1.82) is 0 Å². The van der Waals surface area contributed by atoms with E-state index in [0.717, 1.165) is 12.1 Å². The highest BCUT2D eigenvalue weighted by molar-refractivity contribution is 5.96. The van der Waals surface area contributed by atoms with Crippen molar-refractivity contribution >= 4 is 29.3 Å². The second kappa shape index (κ2) is 8.17. The second-order valence-corrected chi connectivity index (χ2v) is 4.99. The Morgan fingerprint density at radius 1 is 1.30 bits per heavy atom. The number of esters is 1. The summed E-state index contributed by atoms with van der Waals surface area (Å²) in [7, 11) is 0. The third-order valence-corrected chi connectivity index (χ3v) is 3.07. The van der Waals surface area contributed by atoms with Crippen LogP contribution < -0.4 is 5.32 Å². The number of ether oxygens (including phenoxy) is 1. The zero-order valence-corrected chi connectivity index (χ0v) is 13.4. The van der Waals surface area contributed by atoms with Crippen LogP contribution in [0, 0.1) is 10.1 Å². The minimum absolute atomic E-state index is 0.299. The number of amides is 1. The molecule has 0 bridgehead atoms. The van der Waals surface area contributed by atoms with Gasteiger partial charge >= 0.3 is 12.1 Å². The molecule has 11 heteroatoms. The number of alkyl halides is 3. The molecule has 0 saturated carbocycles. The maximum Gasteiger partial charge on any atom is 0.416 e. The minimum Gasteiger partial charge on any atom is -0.465 e. The lowest BCUT2D eigenvalue weighted by atomic mass is 10.1. The van der Waals surface area contributed by atoms with E-state index in [1.165, 1.54) is 12.3 Å². The first-order chi connectivity index (χ1) is 12.7. The Labute approximate surface area is 149 Å². The summed E-state index contributed by atoms with van der Waals surface area (Å²) in [6.45, 7) is -0.792. The van der Waals surface area contributed by atoms with Gasteiger partial charge in [-0.3, -0.25) is 14.9 Å². The zero-order chi connectivity index (χ0) is 20.0. The molecule has 0 unspecified atom stereocenters. The third-order valence-electron chi connectivity index (χ3n) is 3.07. The van der Waals surface area contributed by atoms with Gasteiger partial charge in [-0.1, -0.05) is 0 Å². The molecule has 27 heavy (non-hydrogen) atoms. The maximum absolute atomic E-state index is 12.6. The number of halogens is 3. The van der Waals surface area contributed by atoms with Crippen LogP contribution in [0.5, 0.6) is 0 Å². The van der Waals surface area contributed by atoms with Crippen molar-refractivity contribution in [3.8, 4) is 0 Å². The molecule has 0 atom stereocenters. The first-order valence-electron chi connectivity index (χ1n) is 7.20. The van der Waals surface area contributed by atoms with E-state index in [-0.39, 0.29) is 0 Å². The van der Waals surface area contributed by atoms with E-state index >= 15 is 0 Å². The topological polar surface area (TPSA) is 112 Å².